The molecule has 1 aromatic rings. The topological polar surface area (TPSA) is 0 Å². The van der Waals surface area contributed by atoms with E-state index >= 15 is 0 Å². The fraction of sp³-hybridized carbons (Fsp3) is 0.333. The van der Waals surface area contributed by atoms with Gasteiger partial charge in [-0.05, 0) is 17.8 Å². The molecule has 1 aromatic heterocycles. The molecule has 8 heavy (non-hydrogen) atoms. The lowest BCUT2D eigenvalue weighted by Crippen LogP contribution is -2.01. The van der Waals surface area contributed by atoms with Gasteiger partial charge in [0.2, 0.25) is 0 Å². The lowest BCUT2D eigenvalue weighted by atomic mass is 9.81. The summed E-state index contributed by atoms with van der Waals surface area (Å²) < 4.78 is 1.36. The predicted molar refractivity (Wildman–Crippen MR) is 40.3 cm³/mol. The van der Waals surface area contributed by atoms with E-state index in [1.54, 1.807) is 0 Å². The molecule has 0 saturated carbocycles. The monoisotopic (exact) mass is 123 g/mol. The zero-order valence-corrected chi connectivity index (χ0v) is 5.96. The van der Waals surface area contributed by atoms with E-state index in [1.165, 1.54) is 9.65 Å². The van der Waals surface area contributed by atoms with Gasteiger partial charge in [0.05, 0.1) is 0 Å². The van der Waals surface area contributed by atoms with Crippen molar-refractivity contribution in [2.24, 2.45) is 0 Å². The average molecular weight is 123 g/mol. The third-order valence-corrected chi connectivity index (χ3v) is 2.11. The van der Waals surface area contributed by atoms with E-state index in [0.29, 0.717) is 0 Å². The Balaban J connectivity index is 2.84. The third kappa shape index (κ3) is 1.13. The summed E-state index contributed by atoms with van der Waals surface area (Å²) >= 11 is 1.83. The molecule has 0 fully saturated rings. The molecule has 0 atom stereocenters. The number of aryl methyl sites for hydroxylation is 1. The molecular formula is C6H8BS. The highest BCUT2D eigenvalue weighted by Gasteiger charge is 1.90. The molecule has 1 heterocycles. The fourth-order valence-corrected chi connectivity index (χ4v) is 1.37. The lowest BCUT2D eigenvalue weighted by Gasteiger charge is -1.78. The van der Waals surface area contributed by atoms with Crippen molar-refractivity contribution in [3.05, 3.63) is 17.0 Å². The average Bonchev–Trinajstić information content (AvgIpc) is 2.14. The van der Waals surface area contributed by atoms with Gasteiger partial charge in [0.15, 0.2) is 7.28 Å². The second kappa shape index (κ2) is 2.36. The second-order valence-electron chi connectivity index (χ2n) is 1.74. The van der Waals surface area contributed by atoms with Gasteiger partial charge in [-0.15, -0.1) is 0 Å². The van der Waals surface area contributed by atoms with E-state index in [-0.39, 0.29) is 0 Å². The minimum absolute atomic E-state index is 1.36. The summed E-state index contributed by atoms with van der Waals surface area (Å²) in [6.07, 6.45) is 0. The van der Waals surface area contributed by atoms with Gasteiger partial charge >= 0.3 is 0 Å². The van der Waals surface area contributed by atoms with Crippen molar-refractivity contribution in [3.63, 3.8) is 0 Å². The van der Waals surface area contributed by atoms with Crippen molar-refractivity contribution in [2.75, 3.05) is 0 Å². The Kier molecular flexibility index (Phi) is 1.74. The lowest BCUT2D eigenvalue weighted by molar-refractivity contribution is 1.64. The van der Waals surface area contributed by atoms with E-state index < -0.39 is 0 Å². The summed E-state index contributed by atoms with van der Waals surface area (Å²) in [6.45, 7) is 4.18. The van der Waals surface area contributed by atoms with Crippen LogP contribution in [0.3, 0.4) is 0 Å². The summed E-state index contributed by atoms with van der Waals surface area (Å²) in [6, 6.07) is 4.28. The van der Waals surface area contributed by atoms with Crippen LogP contribution in [0.1, 0.15) is 4.88 Å². The van der Waals surface area contributed by atoms with E-state index in [1.807, 2.05) is 11.3 Å². The van der Waals surface area contributed by atoms with Crippen LogP contribution in [0.15, 0.2) is 12.1 Å². The number of rotatable bonds is 1. The molecule has 0 amide bonds. The summed E-state index contributed by atoms with van der Waals surface area (Å²) in [7, 11) is 2.12. The quantitative estimate of drug-likeness (QED) is 0.495. The van der Waals surface area contributed by atoms with Crippen molar-refractivity contribution in [2.45, 2.75) is 13.7 Å². The maximum atomic E-state index is 2.14. The van der Waals surface area contributed by atoms with E-state index in [9.17, 15) is 0 Å². The van der Waals surface area contributed by atoms with Gasteiger partial charge in [0.25, 0.3) is 0 Å². The van der Waals surface area contributed by atoms with Crippen LogP contribution in [0.25, 0.3) is 0 Å². The first kappa shape index (κ1) is 5.89. The first-order chi connectivity index (χ1) is 3.83. The number of thiophene rings is 1. The Morgan fingerprint density at radius 2 is 2.25 bits per heavy atom. The predicted octanol–water partition coefficient (Wildman–Crippen LogP) is 1.43. The molecule has 0 unspecified atom stereocenters. The Morgan fingerprint density at radius 3 is 2.50 bits per heavy atom. The fourth-order valence-electron chi connectivity index (χ4n) is 0.609. The molecule has 0 aliphatic carbocycles. The van der Waals surface area contributed by atoms with Gasteiger partial charge in [0.1, 0.15) is 0 Å². The molecule has 0 aliphatic heterocycles. The molecular weight excluding hydrogens is 115 g/mol. The van der Waals surface area contributed by atoms with Crippen molar-refractivity contribution >= 4 is 23.4 Å². The van der Waals surface area contributed by atoms with Crippen LogP contribution in [0.2, 0.25) is 6.82 Å². The molecule has 1 radical (unpaired) electrons. The van der Waals surface area contributed by atoms with E-state index in [2.05, 4.69) is 33.2 Å². The van der Waals surface area contributed by atoms with Crippen LogP contribution in [0.4, 0.5) is 0 Å². The molecule has 0 aromatic carbocycles. The minimum Gasteiger partial charge on any atom is -0.156 e. The summed E-state index contributed by atoms with van der Waals surface area (Å²) in [5.74, 6) is 0. The van der Waals surface area contributed by atoms with Crippen LogP contribution in [0, 0.1) is 6.92 Å². The molecule has 41 valence electrons. The summed E-state index contributed by atoms with van der Waals surface area (Å²) in [5.41, 5.74) is 0. The second-order valence-corrected chi connectivity index (χ2v) is 3.06. The van der Waals surface area contributed by atoms with Crippen LogP contribution >= 0.6 is 11.3 Å². The zero-order chi connectivity index (χ0) is 5.98. The first-order valence-corrected chi connectivity index (χ1v) is 3.50. The van der Waals surface area contributed by atoms with Crippen LogP contribution in [-0.4, -0.2) is 7.28 Å². The molecule has 0 nitrogen and oxygen atoms in total. The van der Waals surface area contributed by atoms with Crippen LogP contribution in [0.5, 0.6) is 0 Å². The first-order valence-electron chi connectivity index (χ1n) is 2.68. The normalized spacial score (nSPS) is 9.25. The summed E-state index contributed by atoms with van der Waals surface area (Å²) in [5, 5.41) is 0. The summed E-state index contributed by atoms with van der Waals surface area (Å²) in [4.78, 5) is 1.39. The van der Waals surface area contributed by atoms with Crippen molar-refractivity contribution in [1.82, 2.24) is 0 Å². The standard InChI is InChI=1S/C6H8BS/c1-5-3-4-6(7-2)8-5/h3-4H,1-2H3. The van der Waals surface area contributed by atoms with Gasteiger partial charge in [0, 0.05) is 4.88 Å². The highest BCUT2D eigenvalue weighted by molar-refractivity contribution is 7.21. The molecule has 0 aliphatic rings. The zero-order valence-electron chi connectivity index (χ0n) is 5.14. The Morgan fingerprint density at radius 1 is 1.50 bits per heavy atom. The van der Waals surface area contributed by atoms with Crippen molar-refractivity contribution in [3.8, 4) is 0 Å². The number of hydrogen-bond donors (Lipinski definition) is 0. The van der Waals surface area contributed by atoms with Crippen molar-refractivity contribution in [1.29, 1.82) is 0 Å². The molecule has 0 saturated heterocycles. The Bertz CT molecular complexity index is 169. The minimum atomic E-state index is 1.36. The van der Waals surface area contributed by atoms with Gasteiger partial charge < -0.3 is 0 Å². The molecule has 0 spiro atoms. The van der Waals surface area contributed by atoms with Crippen LogP contribution in [-0.2, 0) is 0 Å². The van der Waals surface area contributed by atoms with E-state index in [0.717, 1.165) is 0 Å². The maximum Gasteiger partial charge on any atom is 0.162 e. The van der Waals surface area contributed by atoms with Crippen molar-refractivity contribution < 1.29 is 0 Å². The molecule has 1 rings (SSSR count). The Labute approximate surface area is 54.8 Å². The largest absolute Gasteiger partial charge is 0.162 e. The van der Waals surface area contributed by atoms with Gasteiger partial charge in [-0.1, -0.05) is 12.9 Å². The SMILES string of the molecule is C[B]c1ccc(C)s1. The highest BCUT2D eigenvalue weighted by atomic mass is 32.1. The van der Waals surface area contributed by atoms with Gasteiger partial charge in [-0.3, -0.25) is 0 Å². The van der Waals surface area contributed by atoms with Crippen LogP contribution < -0.4 is 4.78 Å². The van der Waals surface area contributed by atoms with E-state index in [4.69, 9.17) is 0 Å². The smallest absolute Gasteiger partial charge is 0.156 e. The Hall–Kier alpha value is -0.235. The van der Waals surface area contributed by atoms with Gasteiger partial charge in [-0.2, -0.15) is 11.3 Å². The molecule has 0 N–H and O–H groups in total. The molecule has 2 heteroatoms. The third-order valence-electron chi connectivity index (χ3n) is 1.05. The maximum absolute atomic E-state index is 2.14. The highest BCUT2D eigenvalue weighted by Crippen LogP contribution is 2.01. The molecule has 0 bridgehead atoms. The number of hydrogen-bond acceptors (Lipinski definition) is 1. The van der Waals surface area contributed by atoms with Gasteiger partial charge in [-0.25, -0.2) is 0 Å².